The van der Waals surface area contributed by atoms with Crippen LogP contribution in [0, 0.1) is 12.7 Å². The summed E-state index contributed by atoms with van der Waals surface area (Å²) >= 11 is 6.07. The SMILES string of the molecule is Cc1cc(Cl)ccc1N(CC(=O)NCc1ccc(OCc2ccc(F)cc2)cc1)S(=O)(=O)c1ccccc1. The molecular weight excluding hydrogens is 527 g/mol. The molecule has 0 heterocycles. The Kier molecular flexibility index (Phi) is 8.66. The van der Waals surface area contributed by atoms with Crippen LogP contribution < -0.4 is 14.4 Å². The van der Waals surface area contributed by atoms with Crippen molar-refractivity contribution < 1.29 is 22.3 Å². The second-order valence-electron chi connectivity index (χ2n) is 8.59. The maximum absolute atomic E-state index is 13.5. The van der Waals surface area contributed by atoms with E-state index in [4.69, 9.17) is 16.3 Å². The number of sulfonamides is 1. The van der Waals surface area contributed by atoms with Gasteiger partial charge in [0.05, 0.1) is 10.6 Å². The van der Waals surface area contributed by atoms with Crippen LogP contribution in [0.1, 0.15) is 16.7 Å². The number of ether oxygens (including phenoxy) is 1. The number of halogens is 2. The average Bonchev–Trinajstić information content (AvgIpc) is 2.92. The second kappa shape index (κ2) is 12.1. The minimum atomic E-state index is -4.01. The normalized spacial score (nSPS) is 11.1. The Hall–Kier alpha value is -3.88. The van der Waals surface area contributed by atoms with Crippen LogP contribution in [-0.2, 0) is 28.0 Å². The molecule has 1 N–H and O–H groups in total. The summed E-state index contributed by atoms with van der Waals surface area (Å²) in [5.74, 6) is -0.137. The van der Waals surface area contributed by atoms with Gasteiger partial charge in [-0.3, -0.25) is 9.10 Å². The summed E-state index contributed by atoms with van der Waals surface area (Å²) in [4.78, 5) is 13.0. The lowest BCUT2D eigenvalue weighted by atomic mass is 10.2. The number of amides is 1. The molecule has 0 aliphatic heterocycles. The highest BCUT2D eigenvalue weighted by molar-refractivity contribution is 7.92. The first-order valence-corrected chi connectivity index (χ1v) is 13.6. The van der Waals surface area contributed by atoms with Crippen LogP contribution in [-0.4, -0.2) is 20.9 Å². The molecule has 4 aromatic rings. The first-order chi connectivity index (χ1) is 18.2. The maximum Gasteiger partial charge on any atom is 0.264 e. The first kappa shape index (κ1) is 27.2. The van der Waals surface area contributed by atoms with Gasteiger partial charge in [-0.25, -0.2) is 12.8 Å². The van der Waals surface area contributed by atoms with E-state index >= 15 is 0 Å². The second-order valence-corrected chi connectivity index (χ2v) is 10.9. The molecule has 0 atom stereocenters. The molecule has 0 aliphatic carbocycles. The van der Waals surface area contributed by atoms with Crippen LogP contribution in [0.3, 0.4) is 0 Å². The van der Waals surface area contributed by atoms with Gasteiger partial charge in [-0.2, -0.15) is 0 Å². The predicted octanol–water partition coefficient (Wildman–Crippen LogP) is 5.88. The Balaban J connectivity index is 1.42. The Bertz CT molecular complexity index is 1500. The zero-order valence-electron chi connectivity index (χ0n) is 20.6. The van der Waals surface area contributed by atoms with E-state index in [9.17, 15) is 17.6 Å². The van der Waals surface area contributed by atoms with Gasteiger partial charge in [0.25, 0.3) is 10.0 Å². The molecule has 6 nitrogen and oxygen atoms in total. The van der Waals surface area contributed by atoms with Crippen molar-refractivity contribution in [2.45, 2.75) is 25.0 Å². The number of benzene rings is 4. The summed E-state index contributed by atoms with van der Waals surface area (Å²) in [5.41, 5.74) is 2.65. The molecule has 0 bridgehead atoms. The Morgan fingerprint density at radius 2 is 1.58 bits per heavy atom. The number of hydrogen-bond donors (Lipinski definition) is 1. The molecule has 0 unspecified atom stereocenters. The van der Waals surface area contributed by atoms with E-state index in [0.29, 0.717) is 28.6 Å². The van der Waals surface area contributed by atoms with Crippen molar-refractivity contribution in [2.75, 3.05) is 10.8 Å². The lowest BCUT2D eigenvalue weighted by Crippen LogP contribution is -2.41. The molecule has 4 aromatic carbocycles. The monoisotopic (exact) mass is 552 g/mol. The van der Waals surface area contributed by atoms with Crippen LogP contribution in [0.25, 0.3) is 0 Å². The molecule has 4 rings (SSSR count). The number of anilines is 1. The van der Waals surface area contributed by atoms with Gasteiger partial charge in [-0.15, -0.1) is 0 Å². The van der Waals surface area contributed by atoms with E-state index in [2.05, 4.69) is 5.32 Å². The molecule has 196 valence electrons. The summed E-state index contributed by atoms with van der Waals surface area (Å²) in [6.07, 6.45) is 0. The summed E-state index contributed by atoms with van der Waals surface area (Å²) < 4.78 is 46.8. The molecule has 0 fully saturated rings. The summed E-state index contributed by atoms with van der Waals surface area (Å²) in [6, 6.07) is 26.0. The highest BCUT2D eigenvalue weighted by Gasteiger charge is 2.28. The average molecular weight is 553 g/mol. The smallest absolute Gasteiger partial charge is 0.264 e. The number of rotatable bonds is 10. The number of carbonyl (C=O) groups excluding carboxylic acids is 1. The third kappa shape index (κ3) is 6.90. The molecule has 0 aliphatic rings. The van der Waals surface area contributed by atoms with Gasteiger partial charge in [0, 0.05) is 11.6 Å². The molecule has 1 amide bonds. The highest BCUT2D eigenvalue weighted by Crippen LogP contribution is 2.28. The largest absolute Gasteiger partial charge is 0.489 e. The fourth-order valence-electron chi connectivity index (χ4n) is 3.76. The summed E-state index contributed by atoms with van der Waals surface area (Å²) in [7, 11) is -4.01. The van der Waals surface area contributed by atoms with Crippen LogP contribution in [0.4, 0.5) is 10.1 Å². The Labute approximate surface area is 226 Å². The first-order valence-electron chi connectivity index (χ1n) is 11.8. The van der Waals surface area contributed by atoms with Gasteiger partial charge in [0.1, 0.15) is 24.7 Å². The van der Waals surface area contributed by atoms with Gasteiger partial charge in [-0.1, -0.05) is 54.1 Å². The van der Waals surface area contributed by atoms with E-state index in [1.54, 1.807) is 67.6 Å². The molecule has 0 saturated carbocycles. The molecular formula is C29H26ClFN2O4S. The third-order valence-electron chi connectivity index (χ3n) is 5.78. The number of hydrogen-bond acceptors (Lipinski definition) is 4. The molecule has 0 radical (unpaired) electrons. The molecule has 38 heavy (non-hydrogen) atoms. The lowest BCUT2D eigenvalue weighted by molar-refractivity contribution is -0.119. The van der Waals surface area contributed by atoms with E-state index < -0.39 is 22.5 Å². The third-order valence-corrected chi connectivity index (χ3v) is 7.79. The van der Waals surface area contributed by atoms with Crippen molar-refractivity contribution in [1.29, 1.82) is 0 Å². The van der Waals surface area contributed by atoms with Crippen molar-refractivity contribution in [3.8, 4) is 5.75 Å². The minimum Gasteiger partial charge on any atom is -0.489 e. The number of aryl methyl sites for hydroxylation is 1. The number of carbonyl (C=O) groups is 1. The van der Waals surface area contributed by atoms with Gasteiger partial charge >= 0.3 is 0 Å². The fourth-order valence-corrected chi connectivity index (χ4v) is 5.49. The van der Waals surface area contributed by atoms with Gasteiger partial charge in [-0.05, 0) is 78.2 Å². The van der Waals surface area contributed by atoms with Crippen LogP contribution in [0.15, 0.2) is 102 Å². The van der Waals surface area contributed by atoms with Crippen molar-refractivity contribution in [3.63, 3.8) is 0 Å². The number of nitrogens with zero attached hydrogens (tertiary/aromatic N) is 1. The van der Waals surface area contributed by atoms with Gasteiger partial charge in [0.15, 0.2) is 0 Å². The summed E-state index contributed by atoms with van der Waals surface area (Å²) in [6.45, 7) is 1.84. The maximum atomic E-state index is 13.5. The Morgan fingerprint density at radius 3 is 2.24 bits per heavy atom. The van der Waals surface area contributed by atoms with Crippen molar-refractivity contribution in [2.24, 2.45) is 0 Å². The predicted molar refractivity (Wildman–Crippen MR) is 146 cm³/mol. The Morgan fingerprint density at radius 1 is 0.921 bits per heavy atom. The van der Waals surface area contributed by atoms with E-state index in [0.717, 1.165) is 15.4 Å². The summed E-state index contributed by atoms with van der Waals surface area (Å²) in [5, 5.41) is 3.26. The van der Waals surface area contributed by atoms with E-state index in [-0.39, 0.29) is 17.3 Å². The van der Waals surface area contributed by atoms with Crippen molar-refractivity contribution in [1.82, 2.24) is 5.32 Å². The standard InChI is InChI=1S/C29H26ClFN2O4S/c1-21-17-24(30)11-16-28(21)33(38(35,36)27-5-3-2-4-6-27)19-29(34)32-18-22-9-14-26(15-10-22)37-20-23-7-12-25(31)13-8-23/h2-17H,18-20H2,1H3,(H,32,34). The van der Waals surface area contributed by atoms with E-state index in [1.807, 2.05) is 12.1 Å². The lowest BCUT2D eigenvalue weighted by Gasteiger charge is -2.25. The zero-order chi connectivity index (χ0) is 27.1. The van der Waals surface area contributed by atoms with Crippen molar-refractivity contribution >= 4 is 33.2 Å². The van der Waals surface area contributed by atoms with Crippen LogP contribution >= 0.6 is 11.6 Å². The van der Waals surface area contributed by atoms with Gasteiger partial charge < -0.3 is 10.1 Å². The molecule has 9 heteroatoms. The highest BCUT2D eigenvalue weighted by atomic mass is 35.5. The molecule has 0 saturated heterocycles. The zero-order valence-corrected chi connectivity index (χ0v) is 22.2. The molecule has 0 aromatic heterocycles. The van der Waals surface area contributed by atoms with Crippen LogP contribution in [0.2, 0.25) is 5.02 Å². The van der Waals surface area contributed by atoms with Crippen LogP contribution in [0.5, 0.6) is 5.75 Å². The van der Waals surface area contributed by atoms with Crippen molar-refractivity contribution in [3.05, 3.63) is 125 Å². The quantitative estimate of drug-likeness (QED) is 0.267. The molecule has 0 spiro atoms. The topological polar surface area (TPSA) is 75.7 Å². The minimum absolute atomic E-state index is 0.0818. The number of nitrogens with one attached hydrogen (secondary N) is 1. The van der Waals surface area contributed by atoms with Gasteiger partial charge in [0.2, 0.25) is 5.91 Å². The fraction of sp³-hybridized carbons (Fsp3) is 0.138. The van der Waals surface area contributed by atoms with E-state index in [1.165, 1.54) is 24.3 Å².